The lowest BCUT2D eigenvalue weighted by Crippen LogP contribution is -2.26. The van der Waals surface area contributed by atoms with E-state index in [0.717, 1.165) is 5.01 Å². The molecule has 5 nitrogen and oxygen atoms in total. The van der Waals surface area contributed by atoms with Gasteiger partial charge in [-0.05, 0) is 6.92 Å². The van der Waals surface area contributed by atoms with Gasteiger partial charge in [-0.1, -0.05) is 6.58 Å². The van der Waals surface area contributed by atoms with Gasteiger partial charge in [-0.2, -0.15) is 5.10 Å². The molecule has 0 fully saturated rings. The van der Waals surface area contributed by atoms with Crippen molar-refractivity contribution in [3.8, 4) is 0 Å². The Kier molecular flexibility index (Phi) is 3.69. The highest BCUT2D eigenvalue weighted by molar-refractivity contribution is 5.94. The molecule has 0 aromatic rings. The first kappa shape index (κ1) is 10.3. The van der Waals surface area contributed by atoms with E-state index in [0.29, 0.717) is 0 Å². The van der Waals surface area contributed by atoms with Gasteiger partial charge in [-0.15, -0.1) is 0 Å². The van der Waals surface area contributed by atoms with Crippen molar-refractivity contribution < 1.29 is 9.90 Å². The lowest BCUT2D eigenvalue weighted by molar-refractivity contribution is -0.137. The molecular formula is C7H11N3O2. The molecule has 5 heteroatoms. The maximum absolute atomic E-state index is 10.3. The molecule has 2 N–H and O–H groups in total. The zero-order valence-electron chi connectivity index (χ0n) is 6.87. The maximum Gasteiger partial charge on any atom is 0.325 e. The number of rotatable bonds is 5. The number of carboxylic acid groups (broad SMARTS) is 1. The van der Waals surface area contributed by atoms with Crippen LogP contribution in [0.25, 0.3) is 0 Å². The van der Waals surface area contributed by atoms with E-state index in [1.807, 2.05) is 0 Å². The van der Waals surface area contributed by atoms with E-state index in [-0.39, 0.29) is 18.0 Å². The van der Waals surface area contributed by atoms with Gasteiger partial charge in [0.05, 0.1) is 11.4 Å². The molecule has 0 aliphatic carbocycles. The van der Waals surface area contributed by atoms with Crippen molar-refractivity contribution in [2.45, 2.75) is 6.92 Å². The summed E-state index contributed by atoms with van der Waals surface area (Å²) in [5.41, 5.74) is 0.413. The molecule has 0 saturated carbocycles. The third kappa shape index (κ3) is 2.96. The first-order valence-corrected chi connectivity index (χ1v) is 3.19. The van der Waals surface area contributed by atoms with Gasteiger partial charge in [0.25, 0.3) is 0 Å². The van der Waals surface area contributed by atoms with Crippen LogP contribution in [0.3, 0.4) is 0 Å². The van der Waals surface area contributed by atoms with Gasteiger partial charge in [0.1, 0.15) is 6.54 Å². The average molecular weight is 169 g/mol. The van der Waals surface area contributed by atoms with Gasteiger partial charge in [0.15, 0.2) is 0 Å². The van der Waals surface area contributed by atoms with Crippen LogP contribution in [0.1, 0.15) is 6.92 Å². The molecule has 0 aliphatic rings. The summed E-state index contributed by atoms with van der Waals surface area (Å²) in [6.07, 6.45) is 0. The zero-order valence-corrected chi connectivity index (χ0v) is 6.87. The lowest BCUT2D eigenvalue weighted by atomic mass is 10.3. The summed E-state index contributed by atoms with van der Waals surface area (Å²) in [6.45, 7) is 7.84. The van der Waals surface area contributed by atoms with Crippen molar-refractivity contribution in [1.82, 2.24) is 5.01 Å². The monoisotopic (exact) mass is 169 g/mol. The van der Waals surface area contributed by atoms with Gasteiger partial charge in [0, 0.05) is 6.72 Å². The first-order chi connectivity index (χ1) is 5.49. The quantitative estimate of drug-likeness (QED) is 0.466. The highest BCUT2D eigenvalue weighted by atomic mass is 16.4. The molecule has 0 saturated heterocycles. The van der Waals surface area contributed by atoms with E-state index < -0.39 is 5.97 Å². The van der Waals surface area contributed by atoms with E-state index in [1.165, 1.54) is 6.92 Å². The molecular weight excluding hydrogens is 158 g/mol. The van der Waals surface area contributed by atoms with Gasteiger partial charge in [-0.25, -0.2) is 0 Å². The Morgan fingerprint density at radius 3 is 2.50 bits per heavy atom. The fraction of sp³-hybridized carbons (Fsp3) is 0.286. The molecule has 0 unspecified atom stereocenters. The van der Waals surface area contributed by atoms with Crippen molar-refractivity contribution in [2.75, 3.05) is 6.54 Å². The number of hydrazone groups is 1. The molecule has 0 heterocycles. The number of carbonyl (C=O) groups is 1. The minimum Gasteiger partial charge on any atom is -0.480 e. The fourth-order valence-electron chi connectivity index (χ4n) is 0.552. The number of hydrogen-bond acceptors (Lipinski definition) is 4. The van der Waals surface area contributed by atoms with Crippen molar-refractivity contribution in [3.63, 3.8) is 0 Å². The molecule has 66 valence electrons. The summed E-state index contributed by atoms with van der Waals surface area (Å²) in [7, 11) is 0. The number of carboxylic acids is 1. The third-order valence-corrected chi connectivity index (χ3v) is 1.20. The minimum absolute atomic E-state index is 0.170. The highest BCUT2D eigenvalue weighted by Gasteiger charge is 2.10. The van der Waals surface area contributed by atoms with E-state index in [2.05, 4.69) is 18.4 Å². The number of hydrogen-bond donors (Lipinski definition) is 2. The number of allylic oxidation sites excluding steroid dienone is 1. The predicted molar refractivity (Wildman–Crippen MR) is 46.4 cm³/mol. The van der Waals surface area contributed by atoms with Crippen LogP contribution in [0.4, 0.5) is 0 Å². The van der Waals surface area contributed by atoms with Gasteiger partial charge < -0.3 is 10.5 Å². The first-order valence-electron chi connectivity index (χ1n) is 3.19. The highest BCUT2D eigenvalue weighted by Crippen LogP contribution is 2.02. The Bertz CT molecular complexity index is 235. The smallest absolute Gasteiger partial charge is 0.325 e. The van der Waals surface area contributed by atoms with Crippen molar-refractivity contribution in [3.05, 3.63) is 12.3 Å². The van der Waals surface area contributed by atoms with Crippen molar-refractivity contribution in [2.24, 2.45) is 5.10 Å². The Labute approximate surface area is 70.5 Å². The molecule has 12 heavy (non-hydrogen) atoms. The van der Waals surface area contributed by atoms with E-state index in [4.69, 9.17) is 10.5 Å². The molecule has 0 aromatic carbocycles. The second-order valence-corrected chi connectivity index (χ2v) is 2.16. The lowest BCUT2D eigenvalue weighted by Gasteiger charge is -2.17. The zero-order chi connectivity index (χ0) is 9.72. The second-order valence-electron chi connectivity index (χ2n) is 2.16. The largest absolute Gasteiger partial charge is 0.480 e. The minimum atomic E-state index is -1.04. The molecule has 0 rings (SSSR count). The Balaban J connectivity index is 4.35. The summed E-state index contributed by atoms with van der Waals surface area (Å²) < 4.78 is 0. The molecule has 0 atom stereocenters. The Morgan fingerprint density at radius 2 is 2.25 bits per heavy atom. The Hall–Kier alpha value is -1.65. The van der Waals surface area contributed by atoms with Crippen LogP contribution < -0.4 is 0 Å². The molecule has 0 spiro atoms. The molecule has 0 bridgehead atoms. The summed E-state index contributed by atoms with van der Waals surface area (Å²) in [5.74, 6) is -1.04. The molecule has 0 aromatic heterocycles. The fourth-order valence-corrected chi connectivity index (χ4v) is 0.552. The van der Waals surface area contributed by atoms with Gasteiger partial charge in [-0.3, -0.25) is 9.80 Å². The van der Waals surface area contributed by atoms with Crippen LogP contribution in [-0.4, -0.2) is 35.1 Å². The number of nitrogens with one attached hydrogen (secondary N) is 1. The van der Waals surface area contributed by atoms with Crippen LogP contribution in [-0.2, 0) is 4.79 Å². The van der Waals surface area contributed by atoms with Crippen LogP contribution in [0.2, 0.25) is 0 Å². The second kappa shape index (κ2) is 4.27. The van der Waals surface area contributed by atoms with Crippen LogP contribution in [0, 0.1) is 5.41 Å². The number of aliphatic carboxylic acids is 1. The normalized spacial score (nSPS) is 8.75. The predicted octanol–water partition coefficient (Wildman–Crippen LogP) is 0.542. The maximum atomic E-state index is 10.3. The Morgan fingerprint density at radius 1 is 1.75 bits per heavy atom. The van der Waals surface area contributed by atoms with Crippen LogP contribution >= 0.6 is 0 Å². The molecule has 0 amide bonds. The van der Waals surface area contributed by atoms with E-state index in [1.54, 1.807) is 0 Å². The summed E-state index contributed by atoms with van der Waals surface area (Å²) in [5, 5.41) is 20.0. The average Bonchev–Trinajstić information content (AvgIpc) is 1.98. The third-order valence-electron chi connectivity index (χ3n) is 1.20. The number of nitrogens with zero attached hydrogens (tertiary/aromatic N) is 2. The summed E-state index contributed by atoms with van der Waals surface area (Å²) in [4.78, 5) is 10.3. The van der Waals surface area contributed by atoms with Crippen LogP contribution in [0.5, 0.6) is 0 Å². The summed E-state index contributed by atoms with van der Waals surface area (Å²) >= 11 is 0. The van der Waals surface area contributed by atoms with E-state index in [9.17, 15) is 4.79 Å². The summed E-state index contributed by atoms with van der Waals surface area (Å²) in [6, 6.07) is 0. The SMILES string of the molecule is C=NN(CC(=O)O)C(=C)C(C)=N. The van der Waals surface area contributed by atoms with Crippen molar-refractivity contribution >= 4 is 18.4 Å². The van der Waals surface area contributed by atoms with Crippen LogP contribution in [0.15, 0.2) is 17.4 Å². The van der Waals surface area contributed by atoms with Gasteiger partial charge in [0.2, 0.25) is 0 Å². The standard InChI is InChI=1S/C7H11N3O2/c1-5(8)6(2)10(9-3)4-7(11)12/h8H,2-4H2,1H3,(H,11,12). The van der Waals surface area contributed by atoms with Crippen molar-refractivity contribution in [1.29, 1.82) is 5.41 Å². The molecule has 0 aliphatic heterocycles. The van der Waals surface area contributed by atoms with Gasteiger partial charge >= 0.3 is 5.97 Å². The van der Waals surface area contributed by atoms with E-state index >= 15 is 0 Å². The molecule has 0 radical (unpaired) electrons. The topological polar surface area (TPSA) is 76.8 Å².